The molecule has 0 bridgehead atoms. The number of nitrogens with zero attached hydrogens (tertiary/aromatic N) is 2. The van der Waals surface area contributed by atoms with Crippen molar-refractivity contribution in [3.8, 4) is 11.5 Å². The second kappa shape index (κ2) is 8.32. The van der Waals surface area contributed by atoms with Crippen LogP contribution in [0.5, 0.6) is 11.5 Å². The molecule has 0 radical (unpaired) electrons. The predicted molar refractivity (Wildman–Crippen MR) is 104 cm³/mol. The van der Waals surface area contributed by atoms with Crippen molar-refractivity contribution in [2.24, 2.45) is 9.98 Å². The summed E-state index contributed by atoms with van der Waals surface area (Å²) in [7, 11) is 0. The number of aromatic hydroxyl groups is 2. The van der Waals surface area contributed by atoms with Crippen LogP contribution in [0.25, 0.3) is 0 Å². The summed E-state index contributed by atoms with van der Waals surface area (Å²) in [6, 6.07) is 20.3. The second-order valence-electron chi connectivity index (χ2n) is 6.18. The van der Waals surface area contributed by atoms with Gasteiger partial charge in [-0.15, -0.1) is 0 Å². The third-order valence-electron chi connectivity index (χ3n) is 4.47. The normalized spacial score (nSPS) is 13.0. The number of fused-ring (bicyclic) bond motifs is 1. The Hall–Kier alpha value is -2.71. The van der Waals surface area contributed by atoms with Gasteiger partial charge in [0.15, 0.2) is 0 Å². The monoisotopic (exact) mass is 537 g/mol. The molecule has 0 atom stereocenters. The van der Waals surface area contributed by atoms with Gasteiger partial charge in [0.2, 0.25) is 0 Å². The van der Waals surface area contributed by atoms with Crippen LogP contribution in [0.15, 0.2) is 76.7 Å². The van der Waals surface area contributed by atoms with Crippen molar-refractivity contribution in [3.63, 3.8) is 0 Å². The summed E-state index contributed by atoms with van der Waals surface area (Å²) in [5.74, 6) is 0.435. The summed E-state index contributed by atoms with van der Waals surface area (Å²) in [6.45, 7) is 0. The molecular weight excluding hydrogens is 519 g/mol. The first kappa shape index (κ1) is 19.1. The van der Waals surface area contributed by atoms with E-state index in [2.05, 4.69) is 11.1 Å². The van der Waals surface area contributed by atoms with Crippen molar-refractivity contribution >= 4 is 23.3 Å². The number of phenols is 2. The van der Waals surface area contributed by atoms with Gasteiger partial charge in [0, 0.05) is 38.4 Å². The molecule has 138 valence electrons. The molecule has 1 aliphatic rings. The number of aryl methyl sites for hydroxylation is 1. The van der Waals surface area contributed by atoms with E-state index < -0.39 is 0 Å². The van der Waals surface area contributed by atoms with E-state index in [1.807, 2.05) is 36.4 Å². The Bertz CT molecular complexity index is 1030. The Morgan fingerprint density at radius 3 is 2.33 bits per heavy atom. The average Bonchev–Trinajstić information content (AvgIpc) is 2.67. The first-order chi connectivity index (χ1) is 12.7. The zero-order valence-electron chi connectivity index (χ0n) is 14.4. The molecule has 3 aromatic carbocycles. The molecule has 0 saturated heterocycles. The molecule has 0 fully saturated rings. The van der Waals surface area contributed by atoms with Crippen molar-refractivity contribution in [1.82, 2.24) is 0 Å². The van der Waals surface area contributed by atoms with Crippen LogP contribution in [0.3, 0.4) is 0 Å². The second-order valence-corrected chi connectivity index (χ2v) is 6.18. The Morgan fingerprint density at radius 1 is 0.815 bits per heavy atom. The first-order valence-electron chi connectivity index (χ1n) is 8.52. The molecule has 0 saturated carbocycles. The quantitative estimate of drug-likeness (QED) is 0.467. The zero-order valence-corrected chi connectivity index (χ0v) is 16.7. The van der Waals surface area contributed by atoms with Gasteiger partial charge in [0.1, 0.15) is 11.5 Å². The number of benzene rings is 3. The number of aliphatic imine (C=N–C) groups is 2. The van der Waals surface area contributed by atoms with Gasteiger partial charge in [0.05, 0.1) is 17.1 Å². The summed E-state index contributed by atoms with van der Waals surface area (Å²) in [4.78, 5) is 9.34. The van der Waals surface area contributed by atoms with Crippen LogP contribution in [0, 0.1) is 0 Å². The largest absolute Gasteiger partial charge is 0.507 e. The maximum Gasteiger partial charge on any atom is 0.124 e. The SMILES string of the molecule is Oc1ccccc1C=Nc1cccc2c1N=C(c1ccccc1O)CC2.[Pt]. The van der Waals surface area contributed by atoms with Crippen molar-refractivity contribution in [3.05, 3.63) is 83.4 Å². The zero-order chi connectivity index (χ0) is 17.9. The van der Waals surface area contributed by atoms with Crippen molar-refractivity contribution < 1.29 is 31.3 Å². The van der Waals surface area contributed by atoms with Gasteiger partial charge in [-0.2, -0.15) is 0 Å². The minimum Gasteiger partial charge on any atom is -0.507 e. The maximum absolute atomic E-state index is 10.1. The standard InChI is InChI=1S/C22H18N2O2.Pt/c25-20-10-3-1-6-16(20)14-23-19-9-5-7-15-12-13-18(24-22(15)19)17-8-2-4-11-21(17)26;/h1-11,14,25-26H,12-13H2;. The topological polar surface area (TPSA) is 65.2 Å². The van der Waals surface area contributed by atoms with Crippen LogP contribution >= 0.6 is 0 Å². The molecule has 1 aliphatic heterocycles. The number of hydrogen-bond acceptors (Lipinski definition) is 4. The molecule has 0 aliphatic carbocycles. The van der Waals surface area contributed by atoms with Gasteiger partial charge in [0.25, 0.3) is 0 Å². The van der Waals surface area contributed by atoms with Gasteiger partial charge in [-0.05, 0) is 48.7 Å². The predicted octanol–water partition coefficient (Wildman–Crippen LogP) is 4.91. The van der Waals surface area contributed by atoms with Gasteiger partial charge in [-0.3, -0.25) is 9.98 Å². The molecule has 0 amide bonds. The molecule has 0 spiro atoms. The molecule has 4 nitrogen and oxygen atoms in total. The van der Waals surface area contributed by atoms with E-state index in [0.717, 1.165) is 41.1 Å². The van der Waals surface area contributed by atoms with Crippen LogP contribution in [-0.2, 0) is 27.5 Å². The molecule has 1 heterocycles. The van der Waals surface area contributed by atoms with Crippen molar-refractivity contribution in [1.29, 1.82) is 0 Å². The summed E-state index contributed by atoms with van der Waals surface area (Å²) >= 11 is 0. The van der Waals surface area contributed by atoms with E-state index in [0.29, 0.717) is 5.56 Å². The van der Waals surface area contributed by atoms with Gasteiger partial charge in [-0.1, -0.05) is 36.4 Å². The Labute approximate surface area is 172 Å². The Kier molecular flexibility index (Phi) is 5.87. The van der Waals surface area contributed by atoms with Crippen molar-refractivity contribution in [2.45, 2.75) is 12.8 Å². The van der Waals surface area contributed by atoms with Crippen molar-refractivity contribution in [2.75, 3.05) is 0 Å². The van der Waals surface area contributed by atoms with Crippen LogP contribution in [0.2, 0.25) is 0 Å². The van der Waals surface area contributed by atoms with Crippen LogP contribution in [0.4, 0.5) is 11.4 Å². The maximum atomic E-state index is 10.1. The first-order valence-corrected chi connectivity index (χ1v) is 8.52. The van der Waals surface area contributed by atoms with E-state index in [-0.39, 0.29) is 32.6 Å². The van der Waals surface area contributed by atoms with Crippen LogP contribution < -0.4 is 0 Å². The summed E-state index contributed by atoms with van der Waals surface area (Å²) in [6.07, 6.45) is 3.27. The number of para-hydroxylation sites is 3. The molecule has 27 heavy (non-hydrogen) atoms. The van der Waals surface area contributed by atoms with E-state index in [1.165, 1.54) is 0 Å². The van der Waals surface area contributed by atoms with Crippen LogP contribution in [0.1, 0.15) is 23.1 Å². The Balaban J connectivity index is 0.00000210. The molecule has 3 aromatic rings. The third-order valence-corrected chi connectivity index (χ3v) is 4.47. The number of hydrogen-bond donors (Lipinski definition) is 2. The molecule has 0 aromatic heterocycles. The van der Waals surface area contributed by atoms with Crippen LogP contribution in [-0.4, -0.2) is 22.1 Å². The van der Waals surface area contributed by atoms with E-state index in [4.69, 9.17) is 4.99 Å². The summed E-state index contributed by atoms with van der Waals surface area (Å²) in [5, 5.41) is 20.0. The van der Waals surface area contributed by atoms with Gasteiger partial charge in [-0.25, -0.2) is 0 Å². The summed E-state index contributed by atoms with van der Waals surface area (Å²) in [5.41, 5.74) is 4.99. The van der Waals surface area contributed by atoms with E-state index in [1.54, 1.807) is 30.5 Å². The van der Waals surface area contributed by atoms with Gasteiger partial charge >= 0.3 is 0 Å². The minimum absolute atomic E-state index is 0. The van der Waals surface area contributed by atoms with E-state index in [9.17, 15) is 10.2 Å². The smallest absolute Gasteiger partial charge is 0.124 e. The molecule has 4 rings (SSSR count). The fourth-order valence-electron chi connectivity index (χ4n) is 3.11. The molecule has 0 unspecified atom stereocenters. The molecule has 2 N–H and O–H groups in total. The summed E-state index contributed by atoms with van der Waals surface area (Å²) < 4.78 is 0. The average molecular weight is 537 g/mol. The fourth-order valence-corrected chi connectivity index (χ4v) is 3.11. The third kappa shape index (κ3) is 4.01. The molecule has 5 heteroatoms. The number of phenolic OH excluding ortho intramolecular Hbond substituents is 2. The van der Waals surface area contributed by atoms with Gasteiger partial charge < -0.3 is 10.2 Å². The molecular formula is C22H18N2O2Pt. The fraction of sp³-hybridized carbons (Fsp3) is 0.0909. The Morgan fingerprint density at radius 2 is 1.56 bits per heavy atom. The minimum atomic E-state index is 0. The van der Waals surface area contributed by atoms with E-state index >= 15 is 0 Å². The number of rotatable bonds is 3.